The summed E-state index contributed by atoms with van der Waals surface area (Å²) in [6.45, 7) is 14.5. The molecule has 0 unspecified atom stereocenters. The van der Waals surface area contributed by atoms with Crippen LogP contribution < -0.4 is 29.3 Å². The molecule has 6 aliphatic rings. The summed E-state index contributed by atoms with van der Waals surface area (Å²) in [5.41, 5.74) is 6.62. The van der Waals surface area contributed by atoms with Crippen molar-refractivity contribution in [2.24, 2.45) is 5.41 Å². The SMILES string of the molecule is C=C(C)c1ccccc1[C@@H]1CCCN1C1CC2(CCN(c3ccc(C(=O)NS(=O)(=O)c4cc5c(c([N+](=O)[O-])c4)N[C@@H](CN4CCN(C)CC4)CO5)c(N4CCCOc5nc6[nH]ccc6cc54)c3)CC2)C1. The van der Waals surface area contributed by atoms with Crippen LogP contribution in [0.3, 0.4) is 0 Å². The van der Waals surface area contributed by atoms with Gasteiger partial charge in [-0.2, -0.15) is 4.98 Å². The van der Waals surface area contributed by atoms with E-state index in [1.165, 1.54) is 42.9 Å². The topological polar surface area (TPSA) is 182 Å². The van der Waals surface area contributed by atoms with Crippen molar-refractivity contribution >= 4 is 61.0 Å². The van der Waals surface area contributed by atoms with Gasteiger partial charge in [-0.1, -0.05) is 36.4 Å². The van der Waals surface area contributed by atoms with Gasteiger partial charge in [-0.15, -0.1) is 0 Å². The fourth-order valence-electron chi connectivity index (χ4n) is 12.0. The highest BCUT2D eigenvalue weighted by Gasteiger charge is 2.50. The number of hydrogen-bond acceptors (Lipinski definition) is 14. The quantitative estimate of drug-likeness (QED) is 0.0872. The number of nitrogens with zero attached hydrogens (tertiary/aromatic N) is 7. The van der Waals surface area contributed by atoms with Crippen LogP contribution >= 0.6 is 0 Å². The van der Waals surface area contributed by atoms with Crippen LogP contribution in [-0.4, -0.2) is 135 Å². The lowest BCUT2D eigenvalue weighted by molar-refractivity contribution is -0.384. The average molecular weight is 971 g/mol. The molecule has 5 aromatic rings. The number of nitro benzene ring substituents is 1. The number of carbonyl (C=O) groups is 1. The molecule has 0 bridgehead atoms. The number of H-pyrrole nitrogens is 1. The minimum atomic E-state index is -4.65. The maximum absolute atomic E-state index is 14.6. The van der Waals surface area contributed by atoms with E-state index in [0.29, 0.717) is 61.1 Å². The minimum Gasteiger partial charge on any atom is -0.489 e. The molecule has 0 radical (unpaired) electrons. The van der Waals surface area contributed by atoms with E-state index in [1.54, 1.807) is 6.07 Å². The Kier molecular flexibility index (Phi) is 12.2. The van der Waals surface area contributed by atoms with Gasteiger partial charge in [0.15, 0.2) is 11.4 Å². The molecule has 3 aromatic carbocycles. The first-order valence-electron chi connectivity index (χ1n) is 24.8. The molecule has 70 heavy (non-hydrogen) atoms. The molecule has 1 amide bonds. The third kappa shape index (κ3) is 8.83. The van der Waals surface area contributed by atoms with Gasteiger partial charge in [0.25, 0.3) is 21.6 Å². The molecule has 11 rings (SSSR count). The molecule has 2 atom stereocenters. The molecule has 1 aliphatic carbocycles. The monoisotopic (exact) mass is 970 g/mol. The maximum Gasteiger partial charge on any atom is 0.297 e. The van der Waals surface area contributed by atoms with Crippen LogP contribution in [0, 0.1) is 15.5 Å². The van der Waals surface area contributed by atoms with Crippen molar-refractivity contribution in [3.8, 4) is 11.6 Å². The Hall–Kier alpha value is -6.21. The number of nitrogens with one attached hydrogen (secondary N) is 3. The van der Waals surface area contributed by atoms with Crippen molar-refractivity contribution in [1.29, 1.82) is 0 Å². The van der Waals surface area contributed by atoms with Crippen LogP contribution in [0.15, 0.2) is 84.4 Å². The van der Waals surface area contributed by atoms with Gasteiger partial charge in [-0.25, -0.2) is 13.1 Å². The van der Waals surface area contributed by atoms with Crippen LogP contribution in [0.1, 0.15) is 79.4 Å². The van der Waals surface area contributed by atoms with Crippen molar-refractivity contribution in [3.63, 3.8) is 0 Å². The number of nitro groups is 1. The number of aromatic nitrogens is 2. The van der Waals surface area contributed by atoms with E-state index in [4.69, 9.17) is 14.5 Å². The number of piperidine rings is 1. The molecule has 3 N–H and O–H groups in total. The van der Waals surface area contributed by atoms with Crippen LogP contribution in [0.5, 0.6) is 11.6 Å². The summed E-state index contributed by atoms with van der Waals surface area (Å²) in [6.07, 6.45) is 9.28. The largest absolute Gasteiger partial charge is 0.489 e. The van der Waals surface area contributed by atoms with Crippen molar-refractivity contribution < 1.29 is 27.6 Å². The summed E-state index contributed by atoms with van der Waals surface area (Å²) in [6, 6.07) is 21.2. The molecule has 368 valence electrons. The summed E-state index contributed by atoms with van der Waals surface area (Å²) in [5.74, 6) is -0.433. The van der Waals surface area contributed by atoms with E-state index >= 15 is 0 Å². The van der Waals surface area contributed by atoms with E-state index in [0.717, 1.165) is 81.4 Å². The molecule has 3 saturated heterocycles. The number of aromatic amines is 1. The predicted octanol–water partition coefficient (Wildman–Crippen LogP) is 7.55. The number of hydrogen-bond donors (Lipinski definition) is 3. The number of ether oxygens (including phenoxy) is 2. The number of fused-ring (bicyclic) bond motifs is 3. The van der Waals surface area contributed by atoms with E-state index in [-0.39, 0.29) is 35.1 Å². The second kappa shape index (κ2) is 18.5. The normalized spacial score (nSPS) is 22.0. The zero-order chi connectivity index (χ0) is 48.3. The predicted molar refractivity (Wildman–Crippen MR) is 271 cm³/mol. The van der Waals surface area contributed by atoms with Crippen LogP contribution in [-0.2, 0) is 10.0 Å². The molecule has 17 nitrogen and oxygen atoms in total. The number of carbonyl (C=O) groups excluding carboxylic acids is 1. The summed E-state index contributed by atoms with van der Waals surface area (Å²) in [7, 11) is -2.58. The van der Waals surface area contributed by atoms with Crippen molar-refractivity contribution in [3.05, 3.63) is 106 Å². The fraction of sp³-hybridized carbons (Fsp3) is 0.462. The fourth-order valence-corrected chi connectivity index (χ4v) is 13.0. The van der Waals surface area contributed by atoms with Gasteiger partial charge in [0.2, 0.25) is 5.88 Å². The molecule has 1 spiro atoms. The summed E-state index contributed by atoms with van der Waals surface area (Å²) in [4.78, 5) is 45.6. The Bertz CT molecular complexity index is 2960. The third-order valence-electron chi connectivity index (χ3n) is 15.8. The molecular weight excluding hydrogens is 909 g/mol. The Morgan fingerprint density at radius 2 is 1.74 bits per heavy atom. The maximum atomic E-state index is 14.6. The Balaban J connectivity index is 0.844. The number of allylic oxidation sites excluding steroid dienone is 1. The van der Waals surface area contributed by atoms with Gasteiger partial charge in [0, 0.05) is 93.8 Å². The van der Waals surface area contributed by atoms with E-state index < -0.39 is 31.4 Å². The Morgan fingerprint density at radius 3 is 2.53 bits per heavy atom. The van der Waals surface area contributed by atoms with Crippen LogP contribution in [0.4, 0.5) is 28.4 Å². The number of sulfonamides is 1. The standard InChI is InChI=1S/C52H62N10O7S/c1-34(2)40-8-4-5-9-41(40)43-10-6-17-60(43)38-30-52(31-38)14-19-59(20-15-52)37-11-12-42(44(27-37)61-18-7-25-68-51-46(61)26-35-13-16-53-49(35)55-51)50(63)56-70(66,67)39-28-45(62(64)65)48-47(29-39)69-33-36(54-48)32-58-23-21-57(3)22-24-58/h4-5,8-9,11-13,16,26-29,36,38,43,54H,1,6-7,10,14-15,17-25,30-33H2,2-3H3,(H,53,55)(H,56,63)/t36-,43-/m0/s1. The summed E-state index contributed by atoms with van der Waals surface area (Å²) >= 11 is 0. The zero-order valence-corrected chi connectivity index (χ0v) is 40.8. The van der Waals surface area contributed by atoms with Gasteiger partial charge < -0.3 is 34.5 Å². The smallest absolute Gasteiger partial charge is 0.297 e. The number of rotatable bonds is 11. The van der Waals surface area contributed by atoms with E-state index in [1.807, 2.05) is 35.4 Å². The molecule has 7 heterocycles. The van der Waals surface area contributed by atoms with E-state index in [9.17, 15) is 23.3 Å². The first kappa shape index (κ1) is 46.2. The van der Waals surface area contributed by atoms with Gasteiger partial charge >= 0.3 is 0 Å². The second-order valence-corrected chi connectivity index (χ2v) is 22.0. The highest BCUT2D eigenvalue weighted by atomic mass is 32.2. The van der Waals surface area contributed by atoms with Gasteiger partial charge in [0.1, 0.15) is 17.9 Å². The average Bonchev–Trinajstić information content (AvgIpc) is 3.98. The first-order chi connectivity index (χ1) is 33.8. The lowest BCUT2D eigenvalue weighted by atomic mass is 9.59. The van der Waals surface area contributed by atoms with Crippen LogP contribution in [0.25, 0.3) is 16.6 Å². The highest BCUT2D eigenvalue weighted by molar-refractivity contribution is 7.90. The lowest BCUT2D eigenvalue weighted by Crippen LogP contribution is -2.54. The number of pyridine rings is 1. The third-order valence-corrected chi connectivity index (χ3v) is 17.1. The molecule has 1 saturated carbocycles. The molecule has 5 aliphatic heterocycles. The Morgan fingerprint density at radius 1 is 0.943 bits per heavy atom. The van der Waals surface area contributed by atoms with Crippen molar-refractivity contribution in [2.75, 3.05) is 94.3 Å². The van der Waals surface area contributed by atoms with Crippen molar-refractivity contribution in [2.45, 2.75) is 74.9 Å². The highest BCUT2D eigenvalue weighted by Crippen LogP contribution is 2.54. The molecule has 4 fully saturated rings. The van der Waals surface area contributed by atoms with Gasteiger partial charge in [0.05, 0.1) is 33.7 Å². The zero-order valence-electron chi connectivity index (χ0n) is 40.0. The number of anilines is 4. The summed E-state index contributed by atoms with van der Waals surface area (Å²) < 4.78 is 42.9. The van der Waals surface area contributed by atoms with Gasteiger partial charge in [-0.3, -0.25) is 24.7 Å². The van der Waals surface area contributed by atoms with Crippen molar-refractivity contribution in [1.82, 2.24) is 29.4 Å². The molecular formula is C52H62N10O7S. The summed E-state index contributed by atoms with van der Waals surface area (Å²) in [5, 5.41) is 16.6. The number of likely N-dealkylation sites (tertiary alicyclic amines) is 1. The number of benzene rings is 3. The molecule has 2 aromatic heterocycles. The number of piperazine rings is 1. The Labute approximate surface area is 409 Å². The first-order valence-corrected chi connectivity index (χ1v) is 26.3. The van der Waals surface area contributed by atoms with Crippen LogP contribution in [0.2, 0.25) is 0 Å². The molecule has 18 heteroatoms. The number of likely N-dealkylation sites (N-methyl/N-ethyl adjacent to an activating group) is 1. The van der Waals surface area contributed by atoms with E-state index in [2.05, 4.69) is 79.4 Å². The van der Waals surface area contributed by atoms with Gasteiger partial charge in [-0.05, 0) is 112 Å². The lowest BCUT2D eigenvalue weighted by Gasteiger charge is -2.56. The minimum absolute atomic E-state index is 0.0387. The number of amides is 1. The second-order valence-electron chi connectivity index (χ2n) is 20.4.